The van der Waals surface area contributed by atoms with Crippen molar-refractivity contribution < 1.29 is 14.6 Å². The first kappa shape index (κ1) is 23.5. The first-order valence-corrected chi connectivity index (χ1v) is 11.6. The average molecular weight is 461 g/mol. The largest absolute Gasteiger partial charge is 0.507 e. The van der Waals surface area contributed by atoms with Gasteiger partial charge in [-0.2, -0.15) is 10.2 Å². The lowest BCUT2D eigenvalue weighted by molar-refractivity contribution is 0.0510. The van der Waals surface area contributed by atoms with Crippen LogP contribution in [0.2, 0.25) is 0 Å². The number of carbonyl (C=O) groups is 1. The van der Waals surface area contributed by atoms with Gasteiger partial charge in [0.05, 0.1) is 17.6 Å². The number of hydrogen-bond acceptors (Lipinski definition) is 6. The van der Waals surface area contributed by atoms with Crippen molar-refractivity contribution in [3.63, 3.8) is 0 Å². The standard InChI is InChI=1S/C27H32N4O3/c1-26(2,3)34-25(33)28-19-27(20-9-5-4-6-10-20)13-15-31(16-14-27)21-17-23(30-29-18-21)22-11-7-8-12-24(22)32/h4-12,17-18,32H,13-16,19H2,1-3H3,(H,28,33). The maximum atomic E-state index is 12.4. The minimum Gasteiger partial charge on any atom is -0.507 e. The molecule has 1 aliphatic heterocycles. The van der Waals surface area contributed by atoms with Gasteiger partial charge < -0.3 is 20.1 Å². The zero-order valence-electron chi connectivity index (χ0n) is 20.0. The van der Waals surface area contributed by atoms with Crippen molar-refractivity contribution in [2.24, 2.45) is 0 Å². The number of aromatic nitrogens is 2. The van der Waals surface area contributed by atoms with Crippen LogP contribution in [0.4, 0.5) is 10.5 Å². The van der Waals surface area contributed by atoms with Crippen molar-refractivity contribution in [1.29, 1.82) is 0 Å². The first-order chi connectivity index (χ1) is 16.3. The third kappa shape index (κ3) is 5.47. The molecule has 0 aliphatic carbocycles. The summed E-state index contributed by atoms with van der Waals surface area (Å²) < 4.78 is 5.47. The molecule has 1 aromatic heterocycles. The van der Waals surface area contributed by atoms with Gasteiger partial charge >= 0.3 is 6.09 Å². The maximum absolute atomic E-state index is 12.4. The van der Waals surface area contributed by atoms with Crippen molar-refractivity contribution in [2.75, 3.05) is 24.5 Å². The van der Waals surface area contributed by atoms with E-state index in [1.165, 1.54) is 5.56 Å². The van der Waals surface area contributed by atoms with Gasteiger partial charge in [0.1, 0.15) is 11.4 Å². The Morgan fingerprint density at radius 2 is 1.76 bits per heavy atom. The molecule has 4 rings (SSSR count). The molecular formula is C27H32N4O3. The van der Waals surface area contributed by atoms with E-state index in [4.69, 9.17) is 4.74 Å². The smallest absolute Gasteiger partial charge is 0.407 e. The summed E-state index contributed by atoms with van der Waals surface area (Å²) in [5.74, 6) is 0.184. The van der Waals surface area contributed by atoms with E-state index in [2.05, 4.69) is 32.5 Å². The molecule has 1 aliphatic rings. The summed E-state index contributed by atoms with van der Waals surface area (Å²) >= 11 is 0. The number of carbonyl (C=O) groups excluding carboxylic acids is 1. The SMILES string of the molecule is CC(C)(C)OC(=O)NCC1(c2ccccc2)CCN(c2cnnc(-c3ccccc3O)c2)CC1. The Labute approximate surface area is 200 Å². The van der Waals surface area contributed by atoms with Crippen LogP contribution in [0.3, 0.4) is 0 Å². The Morgan fingerprint density at radius 1 is 1.09 bits per heavy atom. The molecule has 34 heavy (non-hydrogen) atoms. The highest BCUT2D eigenvalue weighted by Crippen LogP contribution is 2.37. The van der Waals surface area contributed by atoms with Gasteiger partial charge in [-0.1, -0.05) is 42.5 Å². The summed E-state index contributed by atoms with van der Waals surface area (Å²) in [5, 5.41) is 21.6. The minimum atomic E-state index is -0.535. The van der Waals surface area contributed by atoms with Crippen molar-refractivity contribution in [2.45, 2.75) is 44.6 Å². The van der Waals surface area contributed by atoms with Gasteiger partial charge in [-0.15, -0.1) is 0 Å². The molecule has 0 bridgehead atoms. The molecule has 2 heterocycles. The number of alkyl carbamates (subject to hydrolysis) is 1. The van der Waals surface area contributed by atoms with Crippen LogP contribution in [-0.2, 0) is 10.2 Å². The van der Waals surface area contributed by atoms with E-state index in [-0.39, 0.29) is 11.2 Å². The topological polar surface area (TPSA) is 87.6 Å². The molecule has 178 valence electrons. The van der Waals surface area contributed by atoms with E-state index in [0.29, 0.717) is 17.8 Å². The Balaban J connectivity index is 1.51. The number of para-hydroxylation sites is 1. The van der Waals surface area contributed by atoms with E-state index >= 15 is 0 Å². The van der Waals surface area contributed by atoms with Crippen LogP contribution in [0.25, 0.3) is 11.3 Å². The highest BCUT2D eigenvalue weighted by Gasteiger charge is 2.37. The fraction of sp³-hybridized carbons (Fsp3) is 0.370. The molecule has 0 spiro atoms. The number of piperidine rings is 1. The van der Waals surface area contributed by atoms with Crippen molar-refractivity contribution in [1.82, 2.24) is 15.5 Å². The molecule has 3 aromatic rings. The van der Waals surface area contributed by atoms with E-state index < -0.39 is 11.7 Å². The van der Waals surface area contributed by atoms with E-state index in [0.717, 1.165) is 31.6 Å². The summed E-state index contributed by atoms with van der Waals surface area (Å²) in [6, 6.07) is 19.5. The lowest BCUT2D eigenvalue weighted by Crippen LogP contribution is -2.49. The molecule has 7 heteroatoms. The number of nitrogens with zero attached hydrogens (tertiary/aromatic N) is 3. The van der Waals surface area contributed by atoms with Gasteiger partial charge in [0.15, 0.2) is 0 Å². The van der Waals surface area contributed by atoms with Gasteiger partial charge in [0, 0.05) is 30.6 Å². The molecule has 2 aromatic carbocycles. The Kier molecular flexibility index (Phi) is 6.72. The lowest BCUT2D eigenvalue weighted by Gasteiger charge is -2.43. The molecule has 0 atom stereocenters. The number of benzene rings is 2. The number of rotatable bonds is 5. The van der Waals surface area contributed by atoms with Crippen LogP contribution >= 0.6 is 0 Å². The highest BCUT2D eigenvalue weighted by atomic mass is 16.6. The number of anilines is 1. The number of phenolic OH excluding ortho intramolecular Hbond substituents is 1. The number of amides is 1. The zero-order valence-corrected chi connectivity index (χ0v) is 20.0. The van der Waals surface area contributed by atoms with Crippen LogP contribution in [0.5, 0.6) is 5.75 Å². The van der Waals surface area contributed by atoms with E-state index in [1.807, 2.05) is 57.2 Å². The van der Waals surface area contributed by atoms with Crippen LogP contribution < -0.4 is 10.2 Å². The zero-order chi connectivity index (χ0) is 24.2. The fourth-order valence-electron chi connectivity index (χ4n) is 4.46. The number of ether oxygens (including phenoxy) is 1. The molecule has 1 amide bonds. The van der Waals surface area contributed by atoms with Gasteiger partial charge in [0.2, 0.25) is 0 Å². The molecule has 0 radical (unpaired) electrons. The van der Waals surface area contributed by atoms with Crippen LogP contribution in [0.1, 0.15) is 39.2 Å². The third-order valence-electron chi connectivity index (χ3n) is 6.26. The number of aromatic hydroxyl groups is 1. The van der Waals surface area contributed by atoms with E-state index in [9.17, 15) is 9.90 Å². The quantitative estimate of drug-likeness (QED) is 0.562. The van der Waals surface area contributed by atoms with Crippen LogP contribution in [0.15, 0.2) is 66.9 Å². The summed E-state index contributed by atoms with van der Waals surface area (Å²) in [6.45, 7) is 7.71. The molecule has 0 unspecified atom stereocenters. The summed E-state index contributed by atoms with van der Waals surface area (Å²) in [4.78, 5) is 14.7. The molecule has 7 nitrogen and oxygen atoms in total. The lowest BCUT2D eigenvalue weighted by atomic mass is 9.72. The third-order valence-corrected chi connectivity index (χ3v) is 6.26. The predicted octanol–water partition coefficient (Wildman–Crippen LogP) is 4.91. The van der Waals surface area contributed by atoms with Gasteiger partial charge in [-0.3, -0.25) is 0 Å². The average Bonchev–Trinajstić information content (AvgIpc) is 2.83. The fourth-order valence-corrected chi connectivity index (χ4v) is 4.46. The van der Waals surface area contributed by atoms with Crippen molar-refractivity contribution in [3.8, 4) is 17.0 Å². The Hall–Kier alpha value is -3.61. The van der Waals surface area contributed by atoms with Gasteiger partial charge in [0.25, 0.3) is 0 Å². The minimum absolute atomic E-state index is 0.184. The summed E-state index contributed by atoms with van der Waals surface area (Å²) in [6.07, 6.45) is 3.09. The molecule has 1 saturated heterocycles. The number of phenols is 1. The second kappa shape index (κ2) is 9.71. The second-order valence-electron chi connectivity index (χ2n) is 9.81. The Bertz CT molecular complexity index is 1120. The summed E-state index contributed by atoms with van der Waals surface area (Å²) in [5.41, 5.74) is 2.77. The number of hydrogen-bond donors (Lipinski definition) is 2. The molecule has 2 N–H and O–H groups in total. The van der Waals surface area contributed by atoms with Crippen molar-refractivity contribution in [3.05, 3.63) is 72.4 Å². The van der Waals surface area contributed by atoms with Crippen LogP contribution in [-0.4, -0.2) is 46.6 Å². The van der Waals surface area contributed by atoms with Gasteiger partial charge in [-0.05, 0) is 57.4 Å². The van der Waals surface area contributed by atoms with Crippen molar-refractivity contribution >= 4 is 11.8 Å². The van der Waals surface area contributed by atoms with Crippen LogP contribution in [0, 0.1) is 0 Å². The second-order valence-corrected chi connectivity index (χ2v) is 9.81. The molecule has 0 saturated carbocycles. The highest BCUT2D eigenvalue weighted by molar-refractivity contribution is 5.69. The van der Waals surface area contributed by atoms with Gasteiger partial charge in [-0.25, -0.2) is 4.79 Å². The molecule has 1 fully saturated rings. The number of nitrogens with one attached hydrogen (secondary N) is 1. The monoisotopic (exact) mass is 460 g/mol. The summed E-state index contributed by atoms with van der Waals surface area (Å²) in [7, 11) is 0. The Morgan fingerprint density at radius 3 is 2.44 bits per heavy atom. The first-order valence-electron chi connectivity index (χ1n) is 11.6. The predicted molar refractivity (Wildman–Crippen MR) is 133 cm³/mol. The maximum Gasteiger partial charge on any atom is 0.407 e. The normalized spacial score (nSPS) is 15.6. The van der Waals surface area contributed by atoms with E-state index in [1.54, 1.807) is 18.3 Å². The molecular weight excluding hydrogens is 428 g/mol.